The molecule has 0 spiro atoms. The quantitative estimate of drug-likeness (QED) is 0.488. The summed E-state index contributed by atoms with van der Waals surface area (Å²) in [5.41, 5.74) is 0. The van der Waals surface area contributed by atoms with Crippen LogP contribution in [-0.2, 0) is 14.4 Å². The highest BCUT2D eigenvalue weighted by atomic mass is 16.2. The molecule has 1 heterocycles. The first-order valence-electron chi connectivity index (χ1n) is 5.27. The summed E-state index contributed by atoms with van der Waals surface area (Å²) in [5, 5.41) is 2.70. The maximum Gasteiger partial charge on any atom is 0.235 e. The van der Waals surface area contributed by atoms with E-state index in [4.69, 9.17) is 0 Å². The first kappa shape index (κ1) is 10.9. The summed E-state index contributed by atoms with van der Waals surface area (Å²) in [7, 11) is 1.49. The third kappa shape index (κ3) is 1.52. The Morgan fingerprint density at radius 2 is 2.12 bits per heavy atom. The number of hydrogen-bond donors (Lipinski definition) is 1. The lowest BCUT2D eigenvalue weighted by Gasteiger charge is -2.26. The molecule has 5 nitrogen and oxygen atoms in total. The number of imide groups is 1. The van der Waals surface area contributed by atoms with Gasteiger partial charge in [0.25, 0.3) is 0 Å². The highest BCUT2D eigenvalue weighted by molar-refractivity contribution is 6.05. The molecule has 0 aromatic carbocycles. The number of amides is 3. The van der Waals surface area contributed by atoms with Crippen molar-refractivity contribution in [1.82, 2.24) is 10.2 Å². The Balaban J connectivity index is 2.27. The monoisotopic (exact) mass is 222 g/mol. The second-order valence-electron chi connectivity index (χ2n) is 4.26. The summed E-state index contributed by atoms with van der Waals surface area (Å²) < 4.78 is 0. The van der Waals surface area contributed by atoms with Gasteiger partial charge in [-0.2, -0.15) is 0 Å². The molecule has 2 rings (SSSR count). The van der Waals surface area contributed by atoms with Crippen LogP contribution in [0.2, 0.25) is 0 Å². The van der Waals surface area contributed by atoms with Crippen molar-refractivity contribution in [1.29, 1.82) is 0 Å². The largest absolute Gasteiger partial charge is 0.349 e. The molecule has 0 bridgehead atoms. The first-order valence-corrected chi connectivity index (χ1v) is 5.27. The predicted molar refractivity (Wildman–Crippen MR) is 56.1 cm³/mol. The lowest BCUT2D eigenvalue weighted by molar-refractivity contribution is -0.138. The van der Waals surface area contributed by atoms with E-state index in [1.54, 1.807) is 6.08 Å². The molecule has 86 valence electrons. The number of rotatable bonds is 1. The van der Waals surface area contributed by atoms with Gasteiger partial charge in [-0.15, -0.1) is 0 Å². The summed E-state index contributed by atoms with van der Waals surface area (Å²) in [6.45, 7) is 1.41. The number of nitrogens with one attached hydrogen (secondary N) is 1. The van der Waals surface area contributed by atoms with Crippen LogP contribution in [-0.4, -0.2) is 35.7 Å². The molecular weight excluding hydrogens is 208 g/mol. The minimum absolute atomic E-state index is 0.144. The maximum absolute atomic E-state index is 11.9. The molecule has 1 fully saturated rings. The van der Waals surface area contributed by atoms with E-state index in [-0.39, 0.29) is 29.7 Å². The summed E-state index contributed by atoms with van der Waals surface area (Å²) >= 11 is 0. The average Bonchev–Trinajstić information content (AvgIpc) is 2.44. The third-order valence-corrected chi connectivity index (χ3v) is 3.19. The molecule has 5 heteroatoms. The topological polar surface area (TPSA) is 66.5 Å². The van der Waals surface area contributed by atoms with E-state index in [2.05, 4.69) is 5.32 Å². The number of carbonyl (C=O) groups excluding carboxylic acids is 3. The molecule has 0 saturated carbocycles. The van der Waals surface area contributed by atoms with E-state index in [9.17, 15) is 14.4 Å². The summed E-state index contributed by atoms with van der Waals surface area (Å²) in [5.74, 6) is -1.26. The lowest BCUT2D eigenvalue weighted by Crippen LogP contribution is -2.44. The number of nitrogens with zero attached hydrogens (tertiary/aromatic N) is 1. The van der Waals surface area contributed by atoms with Crippen molar-refractivity contribution >= 4 is 17.7 Å². The van der Waals surface area contributed by atoms with Crippen molar-refractivity contribution < 1.29 is 14.4 Å². The van der Waals surface area contributed by atoms with Gasteiger partial charge in [0.05, 0.1) is 17.9 Å². The van der Waals surface area contributed by atoms with Crippen LogP contribution in [0.15, 0.2) is 12.2 Å². The highest BCUT2D eigenvalue weighted by Gasteiger charge is 2.49. The van der Waals surface area contributed by atoms with Gasteiger partial charge in [0.15, 0.2) is 0 Å². The van der Waals surface area contributed by atoms with Crippen molar-refractivity contribution in [3.05, 3.63) is 12.2 Å². The van der Waals surface area contributed by atoms with Crippen molar-refractivity contribution in [2.45, 2.75) is 19.4 Å². The van der Waals surface area contributed by atoms with Gasteiger partial charge in [0, 0.05) is 14.0 Å². The van der Waals surface area contributed by atoms with E-state index < -0.39 is 5.92 Å². The van der Waals surface area contributed by atoms with Crippen LogP contribution in [0, 0.1) is 11.8 Å². The number of carbonyl (C=O) groups is 3. The normalized spacial score (nSPS) is 32.9. The third-order valence-electron chi connectivity index (χ3n) is 3.19. The number of allylic oxidation sites excluding steroid dienone is 1. The number of fused-ring (bicyclic) bond motifs is 1. The van der Waals surface area contributed by atoms with Gasteiger partial charge in [-0.25, -0.2) is 0 Å². The Morgan fingerprint density at radius 1 is 1.44 bits per heavy atom. The van der Waals surface area contributed by atoms with Crippen LogP contribution in [0.1, 0.15) is 13.3 Å². The van der Waals surface area contributed by atoms with Crippen molar-refractivity contribution in [2.24, 2.45) is 11.8 Å². The van der Waals surface area contributed by atoms with E-state index in [1.165, 1.54) is 14.0 Å². The Morgan fingerprint density at radius 3 is 2.75 bits per heavy atom. The van der Waals surface area contributed by atoms with E-state index >= 15 is 0 Å². The second kappa shape index (κ2) is 3.73. The zero-order valence-corrected chi connectivity index (χ0v) is 9.27. The lowest BCUT2D eigenvalue weighted by atomic mass is 9.81. The Kier molecular flexibility index (Phi) is 2.53. The molecule has 2 aliphatic rings. The molecule has 16 heavy (non-hydrogen) atoms. The van der Waals surface area contributed by atoms with Crippen LogP contribution in [0.3, 0.4) is 0 Å². The zero-order chi connectivity index (χ0) is 11.9. The molecule has 3 atom stereocenters. The van der Waals surface area contributed by atoms with Crippen LogP contribution in [0.5, 0.6) is 0 Å². The Labute approximate surface area is 93.5 Å². The van der Waals surface area contributed by atoms with Crippen LogP contribution >= 0.6 is 0 Å². The number of hydrogen-bond acceptors (Lipinski definition) is 3. The van der Waals surface area contributed by atoms with Crippen LogP contribution in [0.25, 0.3) is 0 Å². The van der Waals surface area contributed by atoms with Crippen LogP contribution in [0.4, 0.5) is 0 Å². The summed E-state index contributed by atoms with van der Waals surface area (Å²) in [4.78, 5) is 35.8. The smallest absolute Gasteiger partial charge is 0.235 e. The minimum Gasteiger partial charge on any atom is -0.349 e. The van der Waals surface area contributed by atoms with Crippen molar-refractivity contribution in [2.75, 3.05) is 7.05 Å². The molecule has 1 aliphatic heterocycles. The molecule has 0 unspecified atom stereocenters. The standard InChI is InChI=1S/C11H14N2O3/c1-6(14)12-8-5-3-4-7-9(8)11(16)13(2)10(7)15/h3,5,7-9H,4H2,1-2H3,(H,12,14)/t7-,8+,9-/m0/s1. The molecule has 0 aromatic heterocycles. The average molecular weight is 222 g/mol. The molecule has 0 radical (unpaired) electrons. The van der Waals surface area contributed by atoms with Crippen LogP contribution < -0.4 is 5.32 Å². The van der Waals surface area contributed by atoms with Gasteiger partial charge in [-0.05, 0) is 6.42 Å². The Hall–Kier alpha value is -1.65. The van der Waals surface area contributed by atoms with Crippen molar-refractivity contribution in [3.8, 4) is 0 Å². The fraction of sp³-hybridized carbons (Fsp3) is 0.545. The maximum atomic E-state index is 11.9. The number of likely N-dealkylation sites (tertiary alicyclic amines) is 1. The first-order chi connectivity index (χ1) is 7.52. The predicted octanol–water partition coefficient (Wildman–Crippen LogP) is -0.318. The highest BCUT2D eigenvalue weighted by Crippen LogP contribution is 2.34. The fourth-order valence-electron chi connectivity index (χ4n) is 2.42. The molecule has 1 saturated heterocycles. The van der Waals surface area contributed by atoms with Gasteiger partial charge < -0.3 is 5.32 Å². The van der Waals surface area contributed by atoms with Crippen molar-refractivity contribution in [3.63, 3.8) is 0 Å². The SMILES string of the molecule is CC(=O)N[C@@H]1C=CC[C@@H]2C(=O)N(C)C(=O)[C@@H]21. The van der Waals surface area contributed by atoms with E-state index in [0.29, 0.717) is 6.42 Å². The van der Waals surface area contributed by atoms with E-state index in [0.717, 1.165) is 4.90 Å². The van der Waals surface area contributed by atoms with Gasteiger partial charge >= 0.3 is 0 Å². The fourth-order valence-corrected chi connectivity index (χ4v) is 2.42. The molecule has 1 N–H and O–H groups in total. The molecule has 0 aromatic rings. The van der Waals surface area contributed by atoms with E-state index in [1.807, 2.05) is 6.08 Å². The minimum atomic E-state index is -0.425. The van der Waals surface area contributed by atoms with Gasteiger partial charge in [0.1, 0.15) is 0 Å². The molecule has 3 amide bonds. The second-order valence-corrected chi connectivity index (χ2v) is 4.26. The molecule has 1 aliphatic carbocycles. The van der Waals surface area contributed by atoms with Gasteiger partial charge in [-0.1, -0.05) is 12.2 Å². The van der Waals surface area contributed by atoms with Gasteiger partial charge in [-0.3, -0.25) is 19.3 Å². The van der Waals surface area contributed by atoms with Gasteiger partial charge in [0.2, 0.25) is 17.7 Å². The zero-order valence-electron chi connectivity index (χ0n) is 9.27. The molecular formula is C11H14N2O3. The summed E-state index contributed by atoms with van der Waals surface area (Å²) in [6, 6.07) is -0.349. The Bertz CT molecular complexity index is 389. The summed E-state index contributed by atoms with van der Waals surface area (Å²) in [6.07, 6.45) is 4.23.